The molecule has 0 aliphatic heterocycles. The molecule has 0 saturated carbocycles. The smallest absolute Gasteiger partial charge is 0.300 e. The number of halogens is 1. The second kappa shape index (κ2) is 52.3. The van der Waals surface area contributed by atoms with Crippen molar-refractivity contribution in [2.24, 2.45) is 0 Å². The van der Waals surface area contributed by atoms with Gasteiger partial charge in [-0.3, -0.25) is 19.2 Å². The SMILES string of the molecule is C=C.CC(=O)O.CC(=O)O.CC(=O)O.CC(=O)O.Cl.N.N. The van der Waals surface area contributed by atoms with Crippen LogP contribution in [-0.2, 0) is 19.2 Å². The van der Waals surface area contributed by atoms with E-state index in [1.54, 1.807) is 0 Å². The Hall–Kier alpha value is -2.17. The van der Waals surface area contributed by atoms with Crippen molar-refractivity contribution in [1.29, 1.82) is 0 Å². The Labute approximate surface area is 130 Å². The summed E-state index contributed by atoms with van der Waals surface area (Å²) in [6, 6.07) is 0. The Balaban J connectivity index is -0.0000000164. The summed E-state index contributed by atoms with van der Waals surface area (Å²) >= 11 is 0. The lowest BCUT2D eigenvalue weighted by atomic mass is 10.9. The van der Waals surface area contributed by atoms with Crippen LogP contribution in [0.2, 0.25) is 0 Å². The van der Waals surface area contributed by atoms with Crippen molar-refractivity contribution in [1.82, 2.24) is 12.3 Å². The maximum Gasteiger partial charge on any atom is 0.300 e. The third kappa shape index (κ3) is 949. The molecule has 0 unspecified atom stereocenters. The van der Waals surface area contributed by atoms with Gasteiger partial charge < -0.3 is 32.7 Å². The molecule has 0 atom stereocenters. The van der Waals surface area contributed by atoms with Crippen LogP contribution in [0.4, 0.5) is 0 Å². The summed E-state index contributed by atoms with van der Waals surface area (Å²) in [6.07, 6.45) is 0. The minimum absolute atomic E-state index is 0. The molecule has 0 aromatic rings. The number of carboxylic acids is 4. The van der Waals surface area contributed by atoms with Gasteiger partial charge in [-0.1, -0.05) is 0 Å². The minimum Gasteiger partial charge on any atom is -0.481 e. The summed E-state index contributed by atoms with van der Waals surface area (Å²) < 4.78 is 0. The average Bonchev–Trinajstić information content (AvgIpc) is 2.01. The van der Waals surface area contributed by atoms with Crippen molar-refractivity contribution in [2.75, 3.05) is 0 Å². The van der Waals surface area contributed by atoms with Crippen molar-refractivity contribution in [3.63, 3.8) is 0 Å². The molecular weight excluding hydrogens is 312 g/mol. The van der Waals surface area contributed by atoms with E-state index in [1.165, 1.54) is 0 Å². The van der Waals surface area contributed by atoms with Gasteiger partial charge in [0.05, 0.1) is 0 Å². The van der Waals surface area contributed by atoms with Crippen molar-refractivity contribution < 1.29 is 39.6 Å². The maximum atomic E-state index is 9.00. The first kappa shape index (κ1) is 51.0. The quantitative estimate of drug-likeness (QED) is 0.352. The Kier molecular flexibility index (Phi) is 127. The Morgan fingerprint density at radius 3 is 0.571 bits per heavy atom. The zero-order chi connectivity index (χ0) is 16.3. The normalized spacial score (nSPS) is 4.95. The van der Waals surface area contributed by atoms with E-state index < -0.39 is 23.9 Å². The molecule has 0 aliphatic carbocycles. The second-order valence-corrected chi connectivity index (χ2v) is 2.08. The summed E-state index contributed by atoms with van der Waals surface area (Å²) in [5.74, 6) is -3.33. The second-order valence-electron chi connectivity index (χ2n) is 2.08. The van der Waals surface area contributed by atoms with Gasteiger partial charge in [-0.05, 0) is 0 Å². The predicted octanol–water partition coefficient (Wildman–Crippen LogP) is 1.91. The molecule has 0 spiro atoms. The van der Waals surface area contributed by atoms with Crippen molar-refractivity contribution in [3.8, 4) is 0 Å². The van der Waals surface area contributed by atoms with Crippen LogP contribution in [0, 0.1) is 0 Å². The molecule has 10 nitrogen and oxygen atoms in total. The Bertz CT molecular complexity index is 185. The first-order valence-corrected chi connectivity index (χ1v) is 4.21. The fourth-order valence-corrected chi connectivity index (χ4v) is 0. The molecule has 132 valence electrons. The number of carboxylic acid groups (broad SMARTS) is 4. The van der Waals surface area contributed by atoms with Crippen LogP contribution in [0.3, 0.4) is 0 Å². The van der Waals surface area contributed by atoms with Crippen LogP contribution in [0.1, 0.15) is 27.7 Å². The molecule has 0 radical (unpaired) electrons. The van der Waals surface area contributed by atoms with Crippen LogP contribution in [-0.4, -0.2) is 44.3 Å². The maximum absolute atomic E-state index is 9.00. The van der Waals surface area contributed by atoms with Gasteiger partial charge in [0, 0.05) is 27.7 Å². The van der Waals surface area contributed by atoms with Gasteiger partial charge in [-0.25, -0.2) is 0 Å². The van der Waals surface area contributed by atoms with Gasteiger partial charge in [0.15, 0.2) is 0 Å². The largest absolute Gasteiger partial charge is 0.481 e. The molecule has 0 amide bonds. The van der Waals surface area contributed by atoms with Crippen molar-refractivity contribution in [2.45, 2.75) is 27.7 Å². The lowest BCUT2D eigenvalue weighted by molar-refractivity contribution is -0.135. The van der Waals surface area contributed by atoms with Gasteiger partial charge >= 0.3 is 0 Å². The predicted molar refractivity (Wildman–Crippen MR) is 81.8 cm³/mol. The molecule has 0 aromatic heterocycles. The van der Waals surface area contributed by atoms with Crippen molar-refractivity contribution >= 4 is 36.3 Å². The summed E-state index contributed by atoms with van der Waals surface area (Å²) in [6.45, 7) is 10.3. The molecular formula is C10H27ClN2O8. The molecule has 0 heterocycles. The molecule has 21 heavy (non-hydrogen) atoms. The standard InChI is InChI=1S/4C2H4O2.C2H4.ClH.2H3N/c4*1-2(3)4;1-2;;;/h4*1H3,(H,3,4);1-2H2;1H;2*1H3. The average molecular weight is 339 g/mol. The van der Waals surface area contributed by atoms with E-state index in [9.17, 15) is 0 Å². The topological polar surface area (TPSA) is 219 Å². The monoisotopic (exact) mass is 338 g/mol. The minimum atomic E-state index is -0.833. The fourth-order valence-electron chi connectivity index (χ4n) is 0. The molecule has 10 N–H and O–H groups in total. The number of carbonyl (C=O) groups is 4. The number of hydrogen-bond acceptors (Lipinski definition) is 6. The zero-order valence-corrected chi connectivity index (χ0v) is 13.5. The van der Waals surface area contributed by atoms with E-state index in [0.717, 1.165) is 27.7 Å². The van der Waals surface area contributed by atoms with Gasteiger partial charge in [0.2, 0.25) is 0 Å². The summed E-state index contributed by atoms with van der Waals surface area (Å²) in [4.78, 5) is 36.0. The van der Waals surface area contributed by atoms with Gasteiger partial charge in [0.25, 0.3) is 23.9 Å². The van der Waals surface area contributed by atoms with E-state index in [1.807, 2.05) is 0 Å². The number of hydrogen-bond donors (Lipinski definition) is 6. The number of aliphatic carboxylic acids is 4. The molecule has 11 heteroatoms. The lowest BCUT2D eigenvalue weighted by Crippen LogP contribution is -1.78. The summed E-state index contributed by atoms with van der Waals surface area (Å²) in [5, 5.41) is 29.7. The molecule has 0 aromatic carbocycles. The molecule has 0 saturated heterocycles. The molecule has 0 aliphatic rings. The first-order chi connectivity index (χ1) is 7.93. The fraction of sp³-hybridized carbons (Fsp3) is 0.400. The number of rotatable bonds is 0. The van der Waals surface area contributed by atoms with E-state index in [2.05, 4.69) is 13.2 Å². The first-order valence-electron chi connectivity index (χ1n) is 4.21. The lowest BCUT2D eigenvalue weighted by Gasteiger charge is -1.59. The highest BCUT2D eigenvalue weighted by Crippen LogP contribution is 1.43. The highest BCUT2D eigenvalue weighted by Gasteiger charge is 1.66. The Morgan fingerprint density at radius 1 is 0.571 bits per heavy atom. The van der Waals surface area contributed by atoms with Crippen LogP contribution < -0.4 is 12.3 Å². The van der Waals surface area contributed by atoms with E-state index >= 15 is 0 Å². The van der Waals surface area contributed by atoms with Crippen molar-refractivity contribution in [3.05, 3.63) is 13.2 Å². The third-order valence-corrected chi connectivity index (χ3v) is 0. The molecule has 0 rings (SSSR count). The van der Waals surface area contributed by atoms with E-state index in [-0.39, 0.29) is 24.7 Å². The summed E-state index contributed by atoms with van der Waals surface area (Å²) in [7, 11) is 0. The zero-order valence-electron chi connectivity index (χ0n) is 12.7. The van der Waals surface area contributed by atoms with Gasteiger partial charge in [-0.2, -0.15) is 0 Å². The Morgan fingerprint density at radius 2 is 0.571 bits per heavy atom. The highest BCUT2D eigenvalue weighted by atomic mass is 35.5. The van der Waals surface area contributed by atoms with Crippen LogP contribution in [0.25, 0.3) is 0 Å². The van der Waals surface area contributed by atoms with Gasteiger partial charge in [0.1, 0.15) is 0 Å². The van der Waals surface area contributed by atoms with Gasteiger partial charge in [-0.15, -0.1) is 25.6 Å². The van der Waals surface area contributed by atoms with Crippen LogP contribution in [0.15, 0.2) is 13.2 Å². The third-order valence-electron chi connectivity index (χ3n) is 0. The van der Waals surface area contributed by atoms with Crippen LogP contribution in [0.5, 0.6) is 0 Å². The van der Waals surface area contributed by atoms with E-state index in [4.69, 9.17) is 39.6 Å². The van der Waals surface area contributed by atoms with Crippen LogP contribution >= 0.6 is 12.4 Å². The molecule has 0 fully saturated rings. The summed E-state index contributed by atoms with van der Waals surface area (Å²) in [5.41, 5.74) is 0. The highest BCUT2D eigenvalue weighted by molar-refractivity contribution is 5.85. The van der Waals surface area contributed by atoms with E-state index in [0.29, 0.717) is 0 Å². The molecule has 0 bridgehead atoms.